The molecule has 200 valence electrons. The number of hydrogen-bond acceptors (Lipinski definition) is 8. The van der Waals surface area contributed by atoms with E-state index in [1.165, 1.54) is 37.1 Å². The smallest absolute Gasteiger partial charge is 0.269 e. The minimum absolute atomic E-state index is 0.00133. The van der Waals surface area contributed by atoms with E-state index < -0.39 is 18.1 Å². The van der Waals surface area contributed by atoms with Crippen LogP contribution in [0, 0.1) is 6.92 Å². The maximum Gasteiger partial charge on any atom is 0.269 e. The highest BCUT2D eigenvalue weighted by Gasteiger charge is 2.33. The van der Waals surface area contributed by atoms with Gasteiger partial charge in [-0.2, -0.15) is 0 Å². The van der Waals surface area contributed by atoms with Gasteiger partial charge in [0.1, 0.15) is 16.7 Å². The molecule has 0 spiro atoms. The molecule has 0 aliphatic rings. The third-order valence-electron chi connectivity index (χ3n) is 4.94. The number of hydrogen-bond donors (Lipinski definition) is 1. The van der Waals surface area contributed by atoms with Crippen molar-refractivity contribution in [2.75, 3.05) is 37.6 Å². The predicted octanol–water partition coefficient (Wildman–Crippen LogP) is 4.84. The number of thioether (sulfide) groups is 1. The highest BCUT2D eigenvalue weighted by atomic mass is 35.5. The number of nitrogens with one attached hydrogen (secondary N) is 1. The number of anilines is 1. The zero-order valence-corrected chi connectivity index (χ0v) is 25.4. The molecule has 0 atom stereocenters. The van der Waals surface area contributed by atoms with Crippen LogP contribution >= 0.6 is 35.0 Å². The molecule has 0 aliphatic carbocycles. The topological polar surface area (TPSA) is 111 Å². The average molecular weight is 596 g/mol. The van der Waals surface area contributed by atoms with Crippen LogP contribution in [0.2, 0.25) is 35.7 Å². The van der Waals surface area contributed by atoms with Crippen molar-refractivity contribution in [3.8, 4) is 5.88 Å². The summed E-state index contributed by atoms with van der Waals surface area (Å²) in [5.41, 5.74) is 0.479. The number of carbonyl (C=O) groups is 1. The summed E-state index contributed by atoms with van der Waals surface area (Å²) in [6.45, 7) is 8.39. The van der Waals surface area contributed by atoms with Crippen LogP contribution in [0.1, 0.15) is 12.1 Å². The number of methoxy groups -OCH3 is 1. The van der Waals surface area contributed by atoms with E-state index >= 15 is 0 Å². The Morgan fingerprint density at radius 3 is 2.53 bits per heavy atom. The number of halogens is 2. The van der Waals surface area contributed by atoms with Crippen molar-refractivity contribution in [1.29, 1.82) is 0 Å². The van der Waals surface area contributed by atoms with Gasteiger partial charge in [-0.1, -0.05) is 48.9 Å². The summed E-state index contributed by atoms with van der Waals surface area (Å²) in [5, 5.41) is 3.10. The molecule has 1 amide bonds. The first-order valence-electron chi connectivity index (χ1n) is 11.1. The largest absolute Gasteiger partial charge is 0.478 e. The third-order valence-corrected chi connectivity index (χ3v) is 10.4. The lowest BCUT2D eigenvalue weighted by Gasteiger charge is -2.26. The molecular weight excluding hydrogens is 563 g/mol. The molecule has 14 heteroatoms. The lowest BCUT2D eigenvalue weighted by atomic mass is 10.4. The molecule has 2 rings (SSSR count). The molecule has 0 radical (unpaired) electrons. The van der Waals surface area contributed by atoms with E-state index in [0.717, 1.165) is 10.3 Å². The molecule has 1 heterocycles. The highest BCUT2D eigenvalue weighted by molar-refractivity contribution is 7.99. The van der Waals surface area contributed by atoms with E-state index in [9.17, 15) is 13.2 Å². The molecule has 0 unspecified atom stereocenters. The van der Waals surface area contributed by atoms with Crippen LogP contribution in [-0.4, -0.2) is 65.6 Å². The normalized spacial score (nSPS) is 11.9. The maximum atomic E-state index is 13.8. The molecule has 36 heavy (non-hydrogen) atoms. The molecular formula is C22H32Cl2N4O5S2Si. The standard InChI is InChI=1S/C22H32Cl2N4O5S2Si/c1-15-22(34-12-10-18(29)25-2)27-21(32-3)20(26-15)28(14-33-11-13-36(4,5)6)35(30,31)17-9-7-8-16(23)19(17)24/h7-9H,10-14H2,1-6H3,(H,25,29). The quantitative estimate of drug-likeness (QED) is 0.152. The van der Waals surface area contributed by atoms with Gasteiger partial charge in [0.25, 0.3) is 15.9 Å². The van der Waals surface area contributed by atoms with Crippen molar-refractivity contribution in [1.82, 2.24) is 15.3 Å². The number of benzene rings is 1. The van der Waals surface area contributed by atoms with Gasteiger partial charge < -0.3 is 14.8 Å². The Labute approximate surface area is 228 Å². The second-order valence-electron chi connectivity index (χ2n) is 8.97. The maximum absolute atomic E-state index is 13.8. The molecule has 1 aromatic heterocycles. The Morgan fingerprint density at radius 2 is 1.92 bits per heavy atom. The van der Waals surface area contributed by atoms with Gasteiger partial charge in [0, 0.05) is 33.9 Å². The van der Waals surface area contributed by atoms with E-state index in [1.807, 2.05) is 0 Å². The number of aryl methyl sites for hydroxylation is 1. The summed E-state index contributed by atoms with van der Waals surface area (Å²) in [5.74, 6) is 0.341. The number of nitrogens with zero attached hydrogens (tertiary/aromatic N) is 3. The molecule has 2 aromatic rings. The van der Waals surface area contributed by atoms with Crippen LogP contribution in [0.3, 0.4) is 0 Å². The molecule has 9 nitrogen and oxygen atoms in total. The zero-order valence-electron chi connectivity index (χ0n) is 21.2. The molecule has 1 aromatic carbocycles. The van der Waals surface area contributed by atoms with Gasteiger partial charge in [-0.25, -0.2) is 22.7 Å². The number of amides is 1. The predicted molar refractivity (Wildman–Crippen MR) is 148 cm³/mol. The van der Waals surface area contributed by atoms with Crippen LogP contribution in [0.4, 0.5) is 5.82 Å². The molecule has 0 saturated heterocycles. The highest BCUT2D eigenvalue weighted by Crippen LogP contribution is 2.36. The van der Waals surface area contributed by atoms with Gasteiger partial charge in [0.2, 0.25) is 11.7 Å². The van der Waals surface area contributed by atoms with Crippen LogP contribution < -0.4 is 14.4 Å². The Bertz CT molecular complexity index is 1180. The number of ether oxygens (including phenoxy) is 2. The summed E-state index contributed by atoms with van der Waals surface area (Å²) < 4.78 is 39.8. The number of rotatable bonds is 13. The van der Waals surface area contributed by atoms with Crippen molar-refractivity contribution < 1.29 is 22.7 Å². The first-order chi connectivity index (χ1) is 16.8. The zero-order chi connectivity index (χ0) is 27.1. The second-order valence-corrected chi connectivity index (χ2v) is 18.3. The Hall–Kier alpha value is -1.57. The fourth-order valence-electron chi connectivity index (χ4n) is 2.85. The molecule has 1 N–H and O–H groups in total. The van der Waals surface area contributed by atoms with Crippen molar-refractivity contribution >= 4 is 64.8 Å². The van der Waals surface area contributed by atoms with E-state index in [0.29, 0.717) is 29.5 Å². The number of sulfonamides is 1. The van der Waals surface area contributed by atoms with Gasteiger partial charge in [0.15, 0.2) is 0 Å². The minimum Gasteiger partial charge on any atom is -0.478 e. The lowest BCUT2D eigenvalue weighted by Crippen LogP contribution is -2.35. The monoisotopic (exact) mass is 594 g/mol. The summed E-state index contributed by atoms with van der Waals surface area (Å²) in [6.07, 6.45) is 0.297. The molecule has 0 aliphatic heterocycles. The first-order valence-corrected chi connectivity index (χ1v) is 18.0. The van der Waals surface area contributed by atoms with Crippen molar-refractivity contribution in [3.63, 3.8) is 0 Å². The number of aromatic nitrogens is 2. The van der Waals surface area contributed by atoms with E-state index in [4.69, 9.17) is 32.7 Å². The van der Waals surface area contributed by atoms with Crippen molar-refractivity contribution in [2.24, 2.45) is 0 Å². The molecule has 0 bridgehead atoms. The Morgan fingerprint density at radius 1 is 1.22 bits per heavy atom. The third kappa shape index (κ3) is 8.22. The van der Waals surface area contributed by atoms with Gasteiger partial charge in [-0.05, 0) is 25.1 Å². The first kappa shape index (κ1) is 30.6. The van der Waals surface area contributed by atoms with Gasteiger partial charge >= 0.3 is 0 Å². The summed E-state index contributed by atoms with van der Waals surface area (Å²) in [4.78, 5) is 20.4. The van der Waals surface area contributed by atoms with Crippen LogP contribution in [0.25, 0.3) is 0 Å². The van der Waals surface area contributed by atoms with Crippen LogP contribution in [0.15, 0.2) is 28.1 Å². The minimum atomic E-state index is -4.26. The van der Waals surface area contributed by atoms with Gasteiger partial charge in [-0.15, -0.1) is 11.8 Å². The summed E-state index contributed by atoms with van der Waals surface area (Å²) in [7, 11) is -2.71. The second kappa shape index (κ2) is 13.3. The van der Waals surface area contributed by atoms with E-state index in [1.54, 1.807) is 14.0 Å². The number of carbonyl (C=O) groups excluding carboxylic acids is 1. The van der Waals surface area contributed by atoms with Crippen molar-refractivity contribution in [3.05, 3.63) is 33.9 Å². The van der Waals surface area contributed by atoms with E-state index in [-0.39, 0.29) is 39.3 Å². The van der Waals surface area contributed by atoms with Crippen LogP contribution in [0.5, 0.6) is 5.88 Å². The van der Waals surface area contributed by atoms with E-state index in [2.05, 4.69) is 34.9 Å². The molecule has 0 saturated carbocycles. The SMILES string of the molecule is CNC(=O)CCSc1nc(OC)c(N(COCC[Si](C)(C)C)S(=O)(=O)c2cccc(Cl)c2Cl)nc1C. The molecule has 0 fully saturated rings. The van der Waals surface area contributed by atoms with Gasteiger partial charge in [0.05, 0.1) is 22.8 Å². The Kier molecular flexibility index (Phi) is 11.3. The fourth-order valence-corrected chi connectivity index (χ4v) is 6.52. The van der Waals surface area contributed by atoms with Crippen LogP contribution in [-0.2, 0) is 19.6 Å². The lowest BCUT2D eigenvalue weighted by molar-refractivity contribution is -0.120. The van der Waals surface area contributed by atoms with Crippen molar-refractivity contribution in [2.45, 2.75) is 49.0 Å². The van der Waals surface area contributed by atoms with Gasteiger partial charge in [-0.3, -0.25) is 4.79 Å². The summed E-state index contributed by atoms with van der Waals surface area (Å²) in [6, 6.07) is 5.23. The fraction of sp³-hybridized carbons (Fsp3) is 0.500. The Balaban J connectivity index is 2.49. The summed E-state index contributed by atoms with van der Waals surface area (Å²) >= 11 is 13.7. The average Bonchev–Trinajstić information content (AvgIpc) is 2.80.